The van der Waals surface area contributed by atoms with Crippen molar-refractivity contribution in [2.24, 2.45) is 39.7 Å². The summed E-state index contributed by atoms with van der Waals surface area (Å²) in [5, 5.41) is 19.0. The second-order valence-corrected chi connectivity index (χ2v) is 10.8. The van der Waals surface area contributed by atoms with Crippen LogP contribution in [0.5, 0.6) is 0 Å². The molecule has 1 aliphatic heterocycles. The maximum atomic E-state index is 12.6. The van der Waals surface area contributed by atoms with E-state index in [1.54, 1.807) is 0 Å². The average molecular weight is 425 g/mol. The average Bonchev–Trinajstić information content (AvgIpc) is 3.29. The van der Waals surface area contributed by atoms with Crippen molar-refractivity contribution in [3.05, 3.63) is 0 Å². The van der Waals surface area contributed by atoms with Crippen molar-refractivity contribution in [2.45, 2.75) is 83.8 Å². The molecule has 2 N–H and O–H groups in total. The van der Waals surface area contributed by atoms with Crippen LogP contribution >= 0.6 is 12.4 Å². The van der Waals surface area contributed by atoms with Crippen LogP contribution in [-0.4, -0.2) is 41.9 Å². The number of ketones is 1. The van der Waals surface area contributed by atoms with Gasteiger partial charge in [0.2, 0.25) is 0 Å². The molecule has 1 unspecified atom stereocenters. The molecule has 8 atom stereocenters. The molecule has 164 valence electrons. The maximum absolute atomic E-state index is 12.6. The molecule has 29 heavy (non-hydrogen) atoms. The first-order chi connectivity index (χ1) is 13.4. The number of aliphatic hydroxyl groups excluding tert-OH is 1. The number of hydrogen-bond donors (Lipinski definition) is 2. The summed E-state index contributed by atoms with van der Waals surface area (Å²) in [7, 11) is 0. The minimum Gasteiger partial charge on any atom is -0.393 e. The van der Waals surface area contributed by atoms with Crippen LogP contribution in [0, 0.1) is 34.5 Å². The van der Waals surface area contributed by atoms with Gasteiger partial charge >= 0.3 is 0 Å². The third kappa shape index (κ3) is 3.36. The molecule has 0 amide bonds. The highest BCUT2D eigenvalue weighted by Gasteiger charge is 2.61. The van der Waals surface area contributed by atoms with E-state index in [4.69, 9.17) is 4.84 Å². The number of oxime groups is 1. The van der Waals surface area contributed by atoms with E-state index in [0.29, 0.717) is 23.5 Å². The molecule has 0 aromatic rings. The van der Waals surface area contributed by atoms with E-state index in [2.05, 4.69) is 24.3 Å². The van der Waals surface area contributed by atoms with Crippen LogP contribution in [-0.2, 0) is 9.63 Å². The predicted molar refractivity (Wildman–Crippen MR) is 115 cm³/mol. The lowest BCUT2D eigenvalue weighted by molar-refractivity contribution is -0.153. The van der Waals surface area contributed by atoms with Crippen LogP contribution in [0.15, 0.2) is 5.16 Å². The van der Waals surface area contributed by atoms with Gasteiger partial charge in [-0.25, -0.2) is 0 Å². The highest BCUT2D eigenvalue weighted by molar-refractivity contribution is 5.87. The van der Waals surface area contributed by atoms with Gasteiger partial charge in [0.25, 0.3) is 0 Å². The Kier molecular flexibility index (Phi) is 5.80. The molecule has 6 heteroatoms. The van der Waals surface area contributed by atoms with Gasteiger partial charge in [0.15, 0.2) is 0 Å². The molecule has 0 radical (unpaired) electrons. The van der Waals surface area contributed by atoms with Crippen molar-refractivity contribution >= 4 is 23.9 Å². The highest BCUT2D eigenvalue weighted by Crippen LogP contribution is 2.65. The van der Waals surface area contributed by atoms with Crippen molar-refractivity contribution in [3.8, 4) is 0 Å². The van der Waals surface area contributed by atoms with Crippen molar-refractivity contribution in [1.29, 1.82) is 0 Å². The lowest BCUT2D eigenvalue weighted by Crippen LogP contribution is -2.57. The van der Waals surface area contributed by atoms with Crippen molar-refractivity contribution in [2.75, 3.05) is 13.1 Å². The number of nitrogens with one attached hydrogen (secondary N) is 1. The molecule has 5 fully saturated rings. The SMILES string of the molecule is C[C@]12CC/C(=N\O[C@H]3CCNC3)CC1[C@@H](O)C[C@@H]1[C@@H]2CC[C@]2(C)C(=O)CC[C@@H]12.Cl. The summed E-state index contributed by atoms with van der Waals surface area (Å²) < 4.78 is 0. The van der Waals surface area contributed by atoms with Crippen LogP contribution in [0.2, 0.25) is 0 Å². The molecule has 0 spiro atoms. The molecule has 1 saturated heterocycles. The first-order valence-corrected chi connectivity index (χ1v) is 11.6. The molecule has 4 saturated carbocycles. The fraction of sp³-hybridized carbons (Fsp3) is 0.913. The van der Waals surface area contributed by atoms with Crippen LogP contribution in [0.25, 0.3) is 0 Å². The number of Topliss-reactive ketones (excluding diaryl/α,β-unsaturated/α-hetero) is 1. The van der Waals surface area contributed by atoms with Crippen molar-refractivity contribution < 1.29 is 14.7 Å². The van der Waals surface area contributed by atoms with Gasteiger partial charge < -0.3 is 15.3 Å². The standard InChI is InChI=1S/C23H36N2O3.ClH/c1-22-8-5-14(25-28-15-7-10-24-13-15)11-19(22)20(26)12-16-17-3-4-21(27)23(17,2)9-6-18(16)22;/h15-20,24,26H,3-13H2,1-2H3;1H/b25-14+;/t15-,16-,17-,18-,19?,20-,22+,23-;/m0./s1. The number of halogens is 1. The Hall–Kier alpha value is -0.650. The first-order valence-electron chi connectivity index (χ1n) is 11.6. The van der Waals surface area contributed by atoms with Gasteiger partial charge in [-0.15, -0.1) is 12.4 Å². The third-order valence-corrected chi connectivity index (χ3v) is 9.57. The van der Waals surface area contributed by atoms with Crippen LogP contribution in [0.1, 0.15) is 71.6 Å². The zero-order chi connectivity index (χ0) is 19.5. The summed E-state index contributed by atoms with van der Waals surface area (Å²) in [6.07, 6.45) is 8.80. The summed E-state index contributed by atoms with van der Waals surface area (Å²) in [4.78, 5) is 18.4. The molecule has 5 rings (SSSR count). The number of rotatable bonds is 2. The second kappa shape index (κ2) is 7.80. The van der Waals surface area contributed by atoms with Crippen LogP contribution < -0.4 is 5.32 Å². The summed E-state index contributed by atoms with van der Waals surface area (Å²) in [5.41, 5.74) is 1.20. The predicted octanol–water partition coefficient (Wildman–Crippen LogP) is 3.73. The zero-order valence-electron chi connectivity index (χ0n) is 17.9. The summed E-state index contributed by atoms with van der Waals surface area (Å²) in [5.74, 6) is 2.41. The zero-order valence-corrected chi connectivity index (χ0v) is 18.7. The van der Waals surface area contributed by atoms with Gasteiger partial charge in [0.05, 0.1) is 11.8 Å². The van der Waals surface area contributed by atoms with Crippen molar-refractivity contribution in [1.82, 2.24) is 5.32 Å². The Morgan fingerprint density at radius 2 is 1.93 bits per heavy atom. The quantitative estimate of drug-likeness (QED) is 0.662. The molecule has 0 aromatic heterocycles. The van der Waals surface area contributed by atoms with E-state index in [0.717, 1.165) is 76.6 Å². The molecular weight excluding hydrogens is 388 g/mol. The van der Waals surface area contributed by atoms with Crippen LogP contribution in [0.4, 0.5) is 0 Å². The van der Waals surface area contributed by atoms with Gasteiger partial charge in [0.1, 0.15) is 11.9 Å². The molecule has 1 heterocycles. The Morgan fingerprint density at radius 3 is 2.69 bits per heavy atom. The number of fused-ring (bicyclic) bond motifs is 5. The molecule has 0 aromatic carbocycles. The number of carbonyl (C=O) groups excluding carboxylic acids is 1. The maximum Gasteiger partial charge on any atom is 0.141 e. The Morgan fingerprint density at radius 1 is 1.10 bits per heavy atom. The van der Waals surface area contributed by atoms with Gasteiger partial charge in [-0.1, -0.05) is 19.0 Å². The van der Waals surface area contributed by atoms with E-state index in [9.17, 15) is 9.90 Å². The molecule has 0 bridgehead atoms. The highest BCUT2D eigenvalue weighted by atomic mass is 35.5. The largest absolute Gasteiger partial charge is 0.393 e. The van der Waals surface area contributed by atoms with Crippen molar-refractivity contribution in [3.63, 3.8) is 0 Å². The van der Waals surface area contributed by atoms with Gasteiger partial charge in [-0.2, -0.15) is 0 Å². The summed E-state index contributed by atoms with van der Waals surface area (Å²) in [6.45, 7) is 6.55. The topological polar surface area (TPSA) is 70.9 Å². The molecule has 5 aliphatic rings. The minimum absolute atomic E-state index is 0. The first kappa shape index (κ1) is 21.6. The van der Waals surface area contributed by atoms with Crippen LogP contribution in [0.3, 0.4) is 0 Å². The normalized spacial score (nSPS) is 50.4. The smallest absolute Gasteiger partial charge is 0.141 e. The fourth-order valence-corrected chi connectivity index (χ4v) is 7.82. The fourth-order valence-electron chi connectivity index (χ4n) is 7.82. The number of nitrogens with zero attached hydrogens (tertiary/aromatic N) is 1. The Balaban J connectivity index is 0.00000205. The second-order valence-electron chi connectivity index (χ2n) is 10.8. The van der Waals surface area contributed by atoms with Gasteiger partial charge in [-0.05, 0) is 80.6 Å². The van der Waals surface area contributed by atoms with E-state index >= 15 is 0 Å². The molecular formula is C23H37ClN2O3. The lowest BCUT2D eigenvalue weighted by atomic mass is 9.44. The van der Waals surface area contributed by atoms with Gasteiger partial charge in [0, 0.05) is 24.8 Å². The summed E-state index contributed by atoms with van der Waals surface area (Å²) >= 11 is 0. The third-order valence-electron chi connectivity index (χ3n) is 9.57. The number of aliphatic hydroxyl groups is 1. The van der Waals surface area contributed by atoms with E-state index in [1.165, 1.54) is 0 Å². The van der Waals surface area contributed by atoms with E-state index < -0.39 is 0 Å². The van der Waals surface area contributed by atoms with E-state index in [-0.39, 0.29) is 41.4 Å². The Bertz CT molecular complexity index is 679. The van der Waals surface area contributed by atoms with Gasteiger partial charge in [-0.3, -0.25) is 4.79 Å². The summed E-state index contributed by atoms with van der Waals surface area (Å²) in [6, 6.07) is 0. The number of hydrogen-bond acceptors (Lipinski definition) is 5. The van der Waals surface area contributed by atoms with E-state index in [1.807, 2.05) is 0 Å². The minimum atomic E-state index is -0.275. The monoisotopic (exact) mass is 424 g/mol. The number of carbonyl (C=O) groups is 1. The lowest BCUT2D eigenvalue weighted by Gasteiger charge is -2.60. The Labute approximate surface area is 180 Å². The molecule has 5 nitrogen and oxygen atoms in total. The molecule has 4 aliphatic carbocycles.